The van der Waals surface area contributed by atoms with Gasteiger partial charge in [0, 0.05) is 18.2 Å². The fourth-order valence-electron chi connectivity index (χ4n) is 1.22. The van der Waals surface area contributed by atoms with Crippen molar-refractivity contribution in [2.24, 2.45) is 0 Å². The Bertz CT molecular complexity index is 505. The van der Waals surface area contributed by atoms with Crippen molar-refractivity contribution in [2.75, 3.05) is 6.54 Å². The van der Waals surface area contributed by atoms with Crippen molar-refractivity contribution in [2.45, 2.75) is 12.6 Å². The van der Waals surface area contributed by atoms with Gasteiger partial charge in [-0.15, -0.1) is 0 Å². The lowest BCUT2D eigenvalue weighted by molar-refractivity contribution is -0.384. The van der Waals surface area contributed by atoms with Gasteiger partial charge in [-0.2, -0.15) is 13.2 Å². The van der Waals surface area contributed by atoms with Crippen molar-refractivity contribution < 1.29 is 22.9 Å². The highest BCUT2D eigenvalue weighted by atomic mass is 35.5. The number of halogens is 4. The zero-order valence-corrected chi connectivity index (χ0v) is 10.1. The highest BCUT2D eigenvalue weighted by Crippen LogP contribution is 2.25. The summed E-state index contributed by atoms with van der Waals surface area (Å²) in [5.41, 5.74) is -0.425. The second kappa shape index (κ2) is 5.87. The molecule has 0 aliphatic heterocycles. The molecule has 1 amide bonds. The first-order valence-electron chi connectivity index (χ1n) is 4.99. The third kappa shape index (κ3) is 4.74. The Labute approximate surface area is 110 Å². The molecule has 0 bridgehead atoms. The molecule has 1 aromatic rings. The average Bonchev–Trinajstić information content (AvgIpc) is 2.26. The molecule has 0 saturated carbocycles. The summed E-state index contributed by atoms with van der Waals surface area (Å²) >= 11 is 5.57. The number of amides is 1. The minimum atomic E-state index is -4.36. The minimum absolute atomic E-state index is 0.0437. The molecule has 0 saturated heterocycles. The van der Waals surface area contributed by atoms with Crippen LogP contribution in [0.1, 0.15) is 16.8 Å². The summed E-state index contributed by atoms with van der Waals surface area (Å²) in [6.45, 7) is -0.572. The van der Waals surface area contributed by atoms with Crippen molar-refractivity contribution in [3.63, 3.8) is 0 Å². The first-order valence-corrected chi connectivity index (χ1v) is 5.37. The molecule has 0 atom stereocenters. The van der Waals surface area contributed by atoms with Crippen LogP contribution in [0, 0.1) is 10.1 Å². The monoisotopic (exact) mass is 296 g/mol. The second-order valence-electron chi connectivity index (χ2n) is 3.54. The molecule has 0 aliphatic carbocycles. The number of carbonyl (C=O) groups excluding carboxylic acids is 1. The van der Waals surface area contributed by atoms with Gasteiger partial charge in [0.05, 0.1) is 11.3 Å². The smallest absolute Gasteiger partial charge is 0.352 e. The number of nitrogens with one attached hydrogen (secondary N) is 1. The Morgan fingerprint density at radius 1 is 1.42 bits per heavy atom. The molecule has 0 aliphatic rings. The zero-order chi connectivity index (χ0) is 14.6. The molecule has 1 rings (SSSR count). The number of hydrogen-bond acceptors (Lipinski definition) is 3. The third-order valence-electron chi connectivity index (χ3n) is 2.10. The van der Waals surface area contributed by atoms with Gasteiger partial charge in [-0.05, 0) is 12.1 Å². The van der Waals surface area contributed by atoms with Crippen LogP contribution in [0.3, 0.4) is 0 Å². The van der Waals surface area contributed by atoms with Crippen LogP contribution < -0.4 is 5.32 Å². The number of rotatable bonds is 4. The summed E-state index contributed by atoms with van der Waals surface area (Å²) in [6, 6.07) is 3.16. The molecule has 0 fully saturated rings. The fraction of sp³-hybridized carbons (Fsp3) is 0.300. The summed E-state index contributed by atoms with van der Waals surface area (Å²) in [7, 11) is 0. The van der Waals surface area contributed by atoms with E-state index in [4.69, 9.17) is 11.6 Å². The highest BCUT2D eigenvalue weighted by Gasteiger charge is 2.26. The first kappa shape index (κ1) is 15.2. The predicted octanol–water partition coefficient (Wildman–Crippen LogP) is 2.93. The van der Waals surface area contributed by atoms with Crippen LogP contribution in [0.25, 0.3) is 0 Å². The lowest BCUT2D eigenvalue weighted by Gasteiger charge is -2.08. The summed E-state index contributed by atoms with van der Waals surface area (Å²) in [4.78, 5) is 21.2. The van der Waals surface area contributed by atoms with Gasteiger partial charge in [-0.25, -0.2) is 0 Å². The minimum Gasteiger partial charge on any atom is -0.352 e. The number of carbonyl (C=O) groups is 1. The number of hydrogen-bond donors (Lipinski definition) is 1. The molecule has 9 heteroatoms. The van der Waals surface area contributed by atoms with Crippen LogP contribution >= 0.6 is 11.6 Å². The molecule has 0 heterocycles. The van der Waals surface area contributed by atoms with Gasteiger partial charge in [-0.3, -0.25) is 14.9 Å². The van der Waals surface area contributed by atoms with E-state index in [-0.39, 0.29) is 16.3 Å². The van der Waals surface area contributed by atoms with E-state index in [2.05, 4.69) is 0 Å². The van der Waals surface area contributed by atoms with Crippen LogP contribution in [0.5, 0.6) is 0 Å². The van der Waals surface area contributed by atoms with Gasteiger partial charge in [0.25, 0.3) is 11.6 Å². The van der Waals surface area contributed by atoms with Crippen molar-refractivity contribution in [1.29, 1.82) is 0 Å². The summed E-state index contributed by atoms with van der Waals surface area (Å²) in [5.74, 6) is -0.777. The Hall–Kier alpha value is -1.83. The summed E-state index contributed by atoms with van der Waals surface area (Å²) < 4.78 is 35.6. The quantitative estimate of drug-likeness (QED) is 0.686. The van der Waals surface area contributed by atoms with E-state index in [1.54, 1.807) is 0 Å². The van der Waals surface area contributed by atoms with E-state index in [1.165, 1.54) is 0 Å². The Morgan fingerprint density at radius 2 is 2.05 bits per heavy atom. The first-order chi connectivity index (χ1) is 8.70. The van der Waals surface area contributed by atoms with Gasteiger partial charge >= 0.3 is 6.18 Å². The Kier molecular flexibility index (Phi) is 4.71. The Balaban J connectivity index is 2.68. The largest absolute Gasteiger partial charge is 0.390 e. The van der Waals surface area contributed by atoms with Crippen molar-refractivity contribution >= 4 is 23.2 Å². The topological polar surface area (TPSA) is 72.2 Å². The maximum absolute atomic E-state index is 11.9. The molecule has 0 unspecified atom stereocenters. The van der Waals surface area contributed by atoms with Crippen molar-refractivity contribution in [3.8, 4) is 0 Å². The predicted molar refractivity (Wildman–Crippen MR) is 61.1 cm³/mol. The maximum atomic E-state index is 11.9. The zero-order valence-electron chi connectivity index (χ0n) is 9.33. The van der Waals surface area contributed by atoms with Crippen molar-refractivity contribution in [3.05, 3.63) is 38.9 Å². The number of nitrogens with zero attached hydrogens (tertiary/aromatic N) is 1. The maximum Gasteiger partial charge on any atom is 0.390 e. The second-order valence-corrected chi connectivity index (χ2v) is 3.95. The van der Waals surface area contributed by atoms with E-state index in [9.17, 15) is 28.1 Å². The molecular weight excluding hydrogens is 289 g/mol. The number of nitro benzene ring substituents is 1. The van der Waals surface area contributed by atoms with Crippen LogP contribution in [0.2, 0.25) is 5.02 Å². The molecule has 5 nitrogen and oxygen atoms in total. The van der Waals surface area contributed by atoms with Gasteiger partial charge in [0.15, 0.2) is 0 Å². The van der Waals surface area contributed by atoms with Crippen molar-refractivity contribution in [1.82, 2.24) is 5.32 Å². The van der Waals surface area contributed by atoms with Crippen LogP contribution in [-0.2, 0) is 0 Å². The van der Waals surface area contributed by atoms with E-state index in [0.717, 1.165) is 18.2 Å². The lowest BCUT2D eigenvalue weighted by atomic mass is 10.2. The van der Waals surface area contributed by atoms with E-state index >= 15 is 0 Å². The van der Waals surface area contributed by atoms with Gasteiger partial charge < -0.3 is 5.32 Å². The SMILES string of the molecule is O=C(NCCC(F)(F)F)c1ccc([N+](=O)[O-])c(Cl)c1. The average molecular weight is 297 g/mol. The normalized spacial score (nSPS) is 11.2. The van der Waals surface area contributed by atoms with Gasteiger partial charge in [-0.1, -0.05) is 11.6 Å². The molecule has 19 heavy (non-hydrogen) atoms. The summed E-state index contributed by atoms with van der Waals surface area (Å²) in [5, 5.41) is 12.3. The van der Waals surface area contributed by atoms with E-state index in [1.807, 2.05) is 5.32 Å². The van der Waals surface area contributed by atoms with Crippen LogP contribution in [-0.4, -0.2) is 23.6 Å². The van der Waals surface area contributed by atoms with Crippen LogP contribution in [0.15, 0.2) is 18.2 Å². The number of alkyl halides is 3. The third-order valence-corrected chi connectivity index (χ3v) is 2.40. The molecule has 0 aromatic heterocycles. The molecular formula is C10H8ClF3N2O3. The number of nitro groups is 1. The fourth-order valence-corrected chi connectivity index (χ4v) is 1.47. The Morgan fingerprint density at radius 3 is 2.53 bits per heavy atom. The standard InChI is InChI=1S/C10H8ClF3N2O3/c11-7-5-6(1-2-8(7)16(18)19)9(17)15-4-3-10(12,13)14/h1-2,5H,3-4H2,(H,15,17). The van der Waals surface area contributed by atoms with Gasteiger partial charge in [0.2, 0.25) is 0 Å². The number of benzene rings is 1. The molecule has 104 valence electrons. The highest BCUT2D eigenvalue weighted by molar-refractivity contribution is 6.33. The van der Waals surface area contributed by atoms with Gasteiger partial charge in [0.1, 0.15) is 5.02 Å². The molecule has 0 spiro atoms. The molecule has 1 aromatic carbocycles. The van der Waals surface area contributed by atoms with E-state index < -0.39 is 30.0 Å². The van der Waals surface area contributed by atoms with Crippen LogP contribution in [0.4, 0.5) is 18.9 Å². The molecule has 0 radical (unpaired) electrons. The van der Waals surface area contributed by atoms with E-state index in [0.29, 0.717) is 0 Å². The molecule has 1 N–H and O–H groups in total. The lowest BCUT2D eigenvalue weighted by Crippen LogP contribution is -2.27. The summed E-state index contributed by atoms with van der Waals surface area (Å²) in [6.07, 6.45) is -5.51.